The van der Waals surface area contributed by atoms with Crippen molar-refractivity contribution in [3.05, 3.63) is 82.9 Å². The molecule has 168 valence electrons. The molecule has 8 heteroatoms. The van der Waals surface area contributed by atoms with E-state index in [4.69, 9.17) is 16.3 Å². The van der Waals surface area contributed by atoms with Crippen LogP contribution in [0, 0.1) is 13.8 Å². The van der Waals surface area contributed by atoms with Crippen molar-refractivity contribution in [3.63, 3.8) is 0 Å². The van der Waals surface area contributed by atoms with Gasteiger partial charge in [-0.25, -0.2) is 0 Å². The number of hydrogen-bond donors (Lipinski definition) is 1. The number of aryl methyl sites for hydroxylation is 2. The van der Waals surface area contributed by atoms with Gasteiger partial charge in [0.05, 0.1) is 12.9 Å². The maximum Gasteiger partial charge on any atom is 0.234 e. The van der Waals surface area contributed by atoms with E-state index in [-0.39, 0.29) is 11.7 Å². The number of rotatable bonds is 7. The van der Waals surface area contributed by atoms with E-state index in [0.29, 0.717) is 16.0 Å². The molecule has 0 spiro atoms. The summed E-state index contributed by atoms with van der Waals surface area (Å²) in [5.74, 6) is 1.52. The molecule has 0 aliphatic rings. The van der Waals surface area contributed by atoms with E-state index in [0.717, 1.165) is 33.8 Å². The predicted octanol–water partition coefficient (Wildman–Crippen LogP) is 5.94. The molecule has 1 heterocycles. The Hall–Kier alpha value is -3.29. The van der Waals surface area contributed by atoms with Gasteiger partial charge in [-0.3, -0.25) is 9.36 Å². The van der Waals surface area contributed by atoms with Crippen LogP contribution in [0.1, 0.15) is 11.1 Å². The minimum atomic E-state index is -0.133. The van der Waals surface area contributed by atoms with Crippen LogP contribution in [0.15, 0.2) is 71.9 Å². The molecule has 0 saturated heterocycles. The fourth-order valence-electron chi connectivity index (χ4n) is 3.38. The minimum Gasteiger partial charge on any atom is -0.497 e. The van der Waals surface area contributed by atoms with Gasteiger partial charge in [0.15, 0.2) is 11.0 Å². The highest BCUT2D eigenvalue weighted by molar-refractivity contribution is 7.99. The van der Waals surface area contributed by atoms with Crippen LogP contribution in [0.25, 0.3) is 17.1 Å². The monoisotopic (exact) mass is 478 g/mol. The number of anilines is 1. The number of halogens is 1. The van der Waals surface area contributed by atoms with E-state index in [1.54, 1.807) is 19.2 Å². The largest absolute Gasteiger partial charge is 0.497 e. The van der Waals surface area contributed by atoms with Gasteiger partial charge in [0.1, 0.15) is 5.75 Å². The van der Waals surface area contributed by atoms with Crippen LogP contribution >= 0.6 is 23.4 Å². The Balaban J connectivity index is 1.61. The molecule has 3 aromatic carbocycles. The topological polar surface area (TPSA) is 69.0 Å². The fourth-order valence-corrected chi connectivity index (χ4v) is 4.36. The third-order valence-electron chi connectivity index (χ3n) is 5.04. The van der Waals surface area contributed by atoms with Gasteiger partial charge in [0, 0.05) is 22.0 Å². The predicted molar refractivity (Wildman–Crippen MR) is 134 cm³/mol. The van der Waals surface area contributed by atoms with Gasteiger partial charge in [0.25, 0.3) is 0 Å². The lowest BCUT2D eigenvalue weighted by molar-refractivity contribution is -0.113. The number of hydrogen-bond acceptors (Lipinski definition) is 5. The number of amides is 1. The summed E-state index contributed by atoms with van der Waals surface area (Å²) in [5.41, 5.74) is 4.61. The number of nitrogens with one attached hydrogen (secondary N) is 1. The van der Waals surface area contributed by atoms with Crippen molar-refractivity contribution in [2.24, 2.45) is 0 Å². The highest BCUT2D eigenvalue weighted by atomic mass is 35.5. The molecule has 4 rings (SSSR count). The van der Waals surface area contributed by atoms with Crippen LogP contribution in [0.4, 0.5) is 5.69 Å². The third-order valence-corrected chi connectivity index (χ3v) is 6.20. The molecule has 1 aromatic heterocycles. The van der Waals surface area contributed by atoms with Crippen molar-refractivity contribution in [1.29, 1.82) is 0 Å². The molecule has 0 unspecified atom stereocenters. The smallest absolute Gasteiger partial charge is 0.234 e. The van der Waals surface area contributed by atoms with Crippen molar-refractivity contribution in [2.75, 3.05) is 18.2 Å². The SMILES string of the molecule is COc1ccc(-n2c(SCC(=O)Nc3ccc(Cl)cc3C)nnc2-c2cccc(C)c2)cc1. The highest BCUT2D eigenvalue weighted by Crippen LogP contribution is 2.29. The van der Waals surface area contributed by atoms with Crippen molar-refractivity contribution in [1.82, 2.24) is 14.8 Å². The van der Waals surface area contributed by atoms with Crippen LogP contribution < -0.4 is 10.1 Å². The number of carbonyl (C=O) groups is 1. The van der Waals surface area contributed by atoms with Crippen molar-refractivity contribution < 1.29 is 9.53 Å². The van der Waals surface area contributed by atoms with Crippen LogP contribution in [-0.4, -0.2) is 33.5 Å². The molecular weight excluding hydrogens is 456 g/mol. The van der Waals surface area contributed by atoms with Gasteiger partial charge in [-0.05, 0) is 67.9 Å². The Morgan fingerprint density at radius 1 is 1.06 bits per heavy atom. The van der Waals surface area contributed by atoms with E-state index in [2.05, 4.69) is 21.6 Å². The van der Waals surface area contributed by atoms with Crippen LogP contribution in [0.2, 0.25) is 5.02 Å². The quantitative estimate of drug-likeness (QED) is 0.333. The van der Waals surface area contributed by atoms with E-state index >= 15 is 0 Å². The standard InChI is InChI=1S/C25H23ClN4O2S/c1-16-5-4-6-18(13-16)24-28-29-25(30(24)20-8-10-21(32-3)11-9-20)33-15-23(31)27-22-12-7-19(26)14-17(22)2/h4-14H,15H2,1-3H3,(H,27,31). The summed E-state index contributed by atoms with van der Waals surface area (Å²) in [6.45, 7) is 3.94. The second-order valence-corrected chi connectivity index (χ2v) is 8.88. The number of benzene rings is 3. The second-order valence-electron chi connectivity index (χ2n) is 7.51. The number of methoxy groups -OCH3 is 1. The number of aromatic nitrogens is 3. The van der Waals surface area contributed by atoms with Crippen LogP contribution in [0.5, 0.6) is 5.75 Å². The zero-order chi connectivity index (χ0) is 23.4. The van der Waals surface area contributed by atoms with Crippen LogP contribution in [0.3, 0.4) is 0 Å². The first-order valence-corrected chi connectivity index (χ1v) is 11.7. The first-order valence-electron chi connectivity index (χ1n) is 10.3. The molecule has 0 fully saturated rings. The Kier molecular flexibility index (Phi) is 7.01. The number of ether oxygens (including phenoxy) is 1. The van der Waals surface area contributed by atoms with Gasteiger partial charge in [0.2, 0.25) is 5.91 Å². The zero-order valence-corrected chi connectivity index (χ0v) is 20.1. The molecule has 1 amide bonds. The van der Waals surface area contributed by atoms with Gasteiger partial charge in [-0.1, -0.05) is 47.1 Å². The molecule has 0 radical (unpaired) electrons. The Labute approximate surface area is 202 Å². The van der Waals surface area contributed by atoms with Gasteiger partial charge >= 0.3 is 0 Å². The van der Waals surface area contributed by atoms with Gasteiger partial charge in [-0.15, -0.1) is 10.2 Å². The third kappa shape index (κ3) is 5.38. The molecule has 6 nitrogen and oxygen atoms in total. The van der Waals surface area contributed by atoms with Crippen molar-refractivity contribution >= 4 is 35.0 Å². The molecule has 0 bridgehead atoms. The van der Waals surface area contributed by atoms with Gasteiger partial charge in [-0.2, -0.15) is 0 Å². The molecule has 0 saturated carbocycles. The first-order chi connectivity index (χ1) is 15.9. The minimum absolute atomic E-state index is 0.133. The summed E-state index contributed by atoms with van der Waals surface area (Å²) in [7, 11) is 1.63. The lowest BCUT2D eigenvalue weighted by Gasteiger charge is -2.12. The first kappa shape index (κ1) is 22.9. The zero-order valence-electron chi connectivity index (χ0n) is 18.5. The molecule has 0 aliphatic carbocycles. The van der Waals surface area contributed by atoms with Crippen molar-refractivity contribution in [3.8, 4) is 22.8 Å². The number of thioether (sulfide) groups is 1. The van der Waals surface area contributed by atoms with Crippen molar-refractivity contribution in [2.45, 2.75) is 19.0 Å². The summed E-state index contributed by atoms with van der Waals surface area (Å²) in [4.78, 5) is 12.6. The Morgan fingerprint density at radius 2 is 1.85 bits per heavy atom. The molecule has 33 heavy (non-hydrogen) atoms. The van der Waals surface area contributed by atoms with E-state index < -0.39 is 0 Å². The summed E-state index contributed by atoms with van der Waals surface area (Å²) < 4.78 is 7.25. The molecule has 4 aromatic rings. The summed E-state index contributed by atoms with van der Waals surface area (Å²) >= 11 is 7.34. The Bertz CT molecular complexity index is 1290. The number of carbonyl (C=O) groups excluding carboxylic acids is 1. The lowest BCUT2D eigenvalue weighted by atomic mass is 10.1. The summed E-state index contributed by atoms with van der Waals surface area (Å²) in [5, 5.41) is 13.0. The molecule has 0 atom stereocenters. The fraction of sp³-hybridized carbons (Fsp3) is 0.160. The van der Waals surface area contributed by atoms with Crippen LogP contribution in [-0.2, 0) is 4.79 Å². The van der Waals surface area contributed by atoms with E-state index in [9.17, 15) is 4.79 Å². The van der Waals surface area contributed by atoms with Gasteiger partial charge < -0.3 is 10.1 Å². The lowest BCUT2D eigenvalue weighted by Crippen LogP contribution is -2.15. The average Bonchev–Trinajstić information content (AvgIpc) is 3.23. The Morgan fingerprint density at radius 3 is 2.55 bits per heavy atom. The number of nitrogens with zero attached hydrogens (tertiary/aromatic N) is 3. The van der Waals surface area contributed by atoms with E-state index in [1.165, 1.54) is 11.8 Å². The molecular formula is C25H23ClN4O2S. The normalized spacial score (nSPS) is 10.8. The summed E-state index contributed by atoms with van der Waals surface area (Å²) in [6.07, 6.45) is 0. The van der Waals surface area contributed by atoms with E-state index in [1.807, 2.05) is 66.9 Å². The summed E-state index contributed by atoms with van der Waals surface area (Å²) in [6, 6.07) is 21.1. The highest BCUT2D eigenvalue weighted by Gasteiger charge is 2.18. The molecule has 1 N–H and O–H groups in total. The maximum absolute atomic E-state index is 12.6. The maximum atomic E-state index is 12.6. The molecule has 0 aliphatic heterocycles. The second kappa shape index (κ2) is 10.1. The average molecular weight is 479 g/mol.